The fourth-order valence-corrected chi connectivity index (χ4v) is 3.41. The molecule has 1 heterocycles. The van der Waals surface area contributed by atoms with Crippen LogP contribution in [0.25, 0.3) is 0 Å². The van der Waals surface area contributed by atoms with Crippen molar-refractivity contribution in [2.45, 2.75) is 79.0 Å². The summed E-state index contributed by atoms with van der Waals surface area (Å²) in [7, 11) is 0. The van der Waals surface area contributed by atoms with Gasteiger partial charge in [0.25, 0.3) is 0 Å². The Hall–Kier alpha value is -1.63. The van der Waals surface area contributed by atoms with Crippen molar-refractivity contribution in [2.75, 3.05) is 13.2 Å². The Morgan fingerprint density at radius 1 is 1.23 bits per heavy atom. The van der Waals surface area contributed by atoms with Crippen LogP contribution in [0, 0.1) is 11.8 Å². The minimum absolute atomic E-state index is 0.163. The second-order valence-corrected chi connectivity index (χ2v) is 7.34. The molecule has 0 spiro atoms. The van der Waals surface area contributed by atoms with E-state index in [1.54, 1.807) is 0 Å². The van der Waals surface area contributed by atoms with Gasteiger partial charge in [-0.1, -0.05) is 19.0 Å². The highest BCUT2D eigenvalue weighted by atomic mass is 16.5. The van der Waals surface area contributed by atoms with Crippen LogP contribution in [0.3, 0.4) is 0 Å². The molecule has 0 aliphatic heterocycles. The normalized spacial score (nSPS) is 22.5. The number of hydrogen-bond acceptors (Lipinski definition) is 5. The second-order valence-electron chi connectivity index (χ2n) is 7.34. The van der Waals surface area contributed by atoms with Gasteiger partial charge < -0.3 is 19.9 Å². The zero-order chi connectivity index (χ0) is 18.9. The van der Waals surface area contributed by atoms with Crippen molar-refractivity contribution in [3.8, 4) is 0 Å². The first-order valence-electron chi connectivity index (χ1n) is 10.0. The van der Waals surface area contributed by atoms with Crippen molar-refractivity contribution in [3.63, 3.8) is 0 Å². The Balaban J connectivity index is 1.88. The highest BCUT2D eigenvalue weighted by molar-refractivity contribution is 5.80. The van der Waals surface area contributed by atoms with Crippen molar-refractivity contribution >= 4 is 5.96 Å². The number of aromatic nitrogens is 2. The van der Waals surface area contributed by atoms with Crippen LogP contribution in [0.1, 0.15) is 78.1 Å². The van der Waals surface area contributed by atoms with Crippen LogP contribution in [0.2, 0.25) is 0 Å². The van der Waals surface area contributed by atoms with Crippen molar-refractivity contribution in [2.24, 2.45) is 16.8 Å². The third kappa shape index (κ3) is 6.27. The smallest absolute Gasteiger partial charge is 0.248 e. The lowest BCUT2D eigenvalue weighted by molar-refractivity contribution is 0.0683. The molecule has 0 saturated heterocycles. The molecular weight excluding hydrogens is 330 g/mol. The Morgan fingerprint density at radius 3 is 2.58 bits per heavy atom. The molecule has 1 atom stereocenters. The van der Waals surface area contributed by atoms with E-state index in [1.807, 2.05) is 13.8 Å². The molecule has 0 amide bonds. The van der Waals surface area contributed by atoms with Gasteiger partial charge in [0, 0.05) is 19.2 Å². The molecular formula is C19H35N5O2. The van der Waals surface area contributed by atoms with E-state index in [0.717, 1.165) is 24.3 Å². The fraction of sp³-hybridized carbons (Fsp3) is 0.842. The van der Waals surface area contributed by atoms with Gasteiger partial charge in [-0.3, -0.25) is 0 Å². The fourth-order valence-electron chi connectivity index (χ4n) is 3.41. The number of nitrogens with zero attached hydrogens (tertiary/aromatic N) is 3. The zero-order valence-electron chi connectivity index (χ0n) is 16.9. The molecule has 148 valence electrons. The number of guanidine groups is 1. The number of aliphatic imine (C=N–C) groups is 1. The van der Waals surface area contributed by atoms with Crippen LogP contribution in [-0.4, -0.2) is 35.3 Å². The quantitative estimate of drug-likeness (QED) is 0.542. The summed E-state index contributed by atoms with van der Waals surface area (Å²) in [6.45, 7) is 12.4. The van der Waals surface area contributed by atoms with Crippen molar-refractivity contribution < 1.29 is 9.26 Å². The Bertz CT molecular complexity index is 550. The summed E-state index contributed by atoms with van der Waals surface area (Å²) >= 11 is 0. The molecule has 0 radical (unpaired) electrons. The lowest BCUT2D eigenvalue weighted by Crippen LogP contribution is -2.45. The highest BCUT2D eigenvalue weighted by Gasteiger charge is 2.23. The third-order valence-corrected chi connectivity index (χ3v) is 5.04. The Labute approximate surface area is 157 Å². The van der Waals surface area contributed by atoms with Gasteiger partial charge in [0.2, 0.25) is 5.89 Å². The van der Waals surface area contributed by atoms with Crippen LogP contribution >= 0.6 is 0 Å². The summed E-state index contributed by atoms with van der Waals surface area (Å²) in [4.78, 5) is 8.98. The molecule has 2 rings (SSSR count). The van der Waals surface area contributed by atoms with E-state index in [-0.39, 0.29) is 6.10 Å². The summed E-state index contributed by atoms with van der Waals surface area (Å²) in [6.07, 6.45) is 4.81. The molecule has 1 unspecified atom stereocenters. The first-order chi connectivity index (χ1) is 12.5. The summed E-state index contributed by atoms with van der Waals surface area (Å²) in [5, 5.41) is 10.8. The molecule has 1 aliphatic carbocycles. The van der Waals surface area contributed by atoms with E-state index in [2.05, 4.69) is 46.5 Å². The van der Waals surface area contributed by atoms with Gasteiger partial charge in [-0.15, -0.1) is 0 Å². The lowest BCUT2D eigenvalue weighted by atomic mass is 9.80. The van der Waals surface area contributed by atoms with Gasteiger partial charge in [-0.05, 0) is 58.3 Å². The predicted molar refractivity (Wildman–Crippen MR) is 103 cm³/mol. The van der Waals surface area contributed by atoms with Gasteiger partial charge in [0.05, 0.1) is 0 Å². The molecule has 1 aromatic heterocycles. The largest absolute Gasteiger partial charge is 0.371 e. The van der Waals surface area contributed by atoms with Gasteiger partial charge in [-0.25, -0.2) is 4.99 Å². The molecule has 0 aromatic carbocycles. The summed E-state index contributed by atoms with van der Waals surface area (Å²) in [5.74, 6) is 3.53. The van der Waals surface area contributed by atoms with Crippen molar-refractivity contribution in [1.82, 2.24) is 20.8 Å². The van der Waals surface area contributed by atoms with Crippen LogP contribution in [0.15, 0.2) is 9.52 Å². The molecule has 0 bridgehead atoms. The molecule has 2 N–H and O–H groups in total. The standard InChI is InChI=1S/C19H35N5O2/c1-6-20-19(22-16-10-8-15(9-11-16)13(3)4)21-12-17-23-18(24-26-17)14(5)25-7-2/h13-16H,6-12H2,1-5H3,(H2,20,21,22). The molecule has 1 aliphatic rings. The number of nitrogens with one attached hydrogen (secondary N) is 2. The van der Waals surface area contributed by atoms with Gasteiger partial charge in [-0.2, -0.15) is 4.98 Å². The summed E-state index contributed by atoms with van der Waals surface area (Å²) in [6, 6.07) is 0.485. The van der Waals surface area contributed by atoms with E-state index >= 15 is 0 Å². The third-order valence-electron chi connectivity index (χ3n) is 5.04. The van der Waals surface area contributed by atoms with E-state index in [4.69, 9.17) is 9.26 Å². The van der Waals surface area contributed by atoms with Gasteiger partial charge >= 0.3 is 0 Å². The first-order valence-corrected chi connectivity index (χ1v) is 10.0. The molecule has 1 saturated carbocycles. The van der Waals surface area contributed by atoms with Crippen LogP contribution in [0.5, 0.6) is 0 Å². The van der Waals surface area contributed by atoms with Crippen LogP contribution < -0.4 is 10.6 Å². The molecule has 1 aromatic rings. The molecule has 7 nitrogen and oxygen atoms in total. The molecule has 26 heavy (non-hydrogen) atoms. The molecule has 7 heteroatoms. The highest BCUT2D eigenvalue weighted by Crippen LogP contribution is 2.29. The number of ether oxygens (including phenoxy) is 1. The minimum Gasteiger partial charge on any atom is -0.371 e. The van der Waals surface area contributed by atoms with Gasteiger partial charge in [0.1, 0.15) is 12.6 Å². The zero-order valence-corrected chi connectivity index (χ0v) is 16.9. The van der Waals surface area contributed by atoms with Gasteiger partial charge in [0.15, 0.2) is 11.8 Å². The first kappa shape index (κ1) is 20.7. The second kappa shape index (κ2) is 10.5. The van der Waals surface area contributed by atoms with Crippen LogP contribution in [-0.2, 0) is 11.3 Å². The van der Waals surface area contributed by atoms with Crippen LogP contribution in [0.4, 0.5) is 0 Å². The Morgan fingerprint density at radius 2 is 1.96 bits per heavy atom. The average molecular weight is 366 g/mol. The minimum atomic E-state index is -0.163. The molecule has 1 fully saturated rings. The SMILES string of the molecule is CCNC(=NCc1nc(C(C)OCC)no1)NC1CCC(C(C)C)CC1. The van der Waals surface area contributed by atoms with Crippen molar-refractivity contribution in [1.29, 1.82) is 0 Å². The monoisotopic (exact) mass is 365 g/mol. The van der Waals surface area contributed by atoms with E-state index in [1.165, 1.54) is 25.7 Å². The van der Waals surface area contributed by atoms with E-state index < -0.39 is 0 Å². The number of hydrogen-bond donors (Lipinski definition) is 2. The average Bonchev–Trinajstić information content (AvgIpc) is 3.10. The van der Waals surface area contributed by atoms with Crippen molar-refractivity contribution in [3.05, 3.63) is 11.7 Å². The predicted octanol–water partition coefficient (Wildman–Crippen LogP) is 3.44. The maximum absolute atomic E-state index is 5.49. The topological polar surface area (TPSA) is 84.6 Å². The maximum atomic E-state index is 5.49. The maximum Gasteiger partial charge on any atom is 0.248 e. The Kier molecular flexibility index (Phi) is 8.35. The summed E-state index contributed by atoms with van der Waals surface area (Å²) in [5.41, 5.74) is 0. The number of rotatable bonds is 8. The van der Waals surface area contributed by atoms with E-state index in [9.17, 15) is 0 Å². The van der Waals surface area contributed by atoms with E-state index in [0.29, 0.717) is 30.9 Å². The lowest BCUT2D eigenvalue weighted by Gasteiger charge is -2.32. The summed E-state index contributed by atoms with van der Waals surface area (Å²) < 4.78 is 10.8.